The van der Waals surface area contributed by atoms with Crippen LogP contribution in [0.4, 0.5) is 11.4 Å². The number of carboxylic acid groups (broad SMARTS) is 1. The van der Waals surface area contributed by atoms with E-state index in [1.165, 1.54) is 24.3 Å². The van der Waals surface area contributed by atoms with E-state index in [9.17, 15) is 23.1 Å². The summed E-state index contributed by atoms with van der Waals surface area (Å²) in [7, 11) is 0. The molecule has 0 aromatic heterocycles. The first-order valence-corrected chi connectivity index (χ1v) is 10.8. The summed E-state index contributed by atoms with van der Waals surface area (Å²) in [5.74, 6) is -1.74. The van der Waals surface area contributed by atoms with Gasteiger partial charge in [-0.1, -0.05) is 12.1 Å². The molecule has 0 spiro atoms. The second kappa shape index (κ2) is 10.4. The predicted octanol–water partition coefficient (Wildman–Crippen LogP) is 3.43. The van der Waals surface area contributed by atoms with Gasteiger partial charge in [-0.25, -0.2) is 8.51 Å². The second-order valence-corrected chi connectivity index (χ2v) is 8.86. The number of carbonyl (C=O) groups excluding carboxylic acids is 2. The Morgan fingerprint density at radius 3 is 2.34 bits per heavy atom. The Morgan fingerprint density at radius 2 is 1.78 bits per heavy atom. The molecular formula is C22H26N2O7S. The van der Waals surface area contributed by atoms with Gasteiger partial charge >= 0.3 is 11.9 Å². The molecule has 3 N–H and O–H groups in total. The van der Waals surface area contributed by atoms with Crippen LogP contribution in [0.1, 0.15) is 43.1 Å². The van der Waals surface area contributed by atoms with Gasteiger partial charge in [-0.15, -0.1) is 0 Å². The van der Waals surface area contributed by atoms with Gasteiger partial charge in [-0.05, 0) is 63.6 Å². The number of nitrogens with one attached hydrogen (secondary N) is 1. The summed E-state index contributed by atoms with van der Waals surface area (Å²) in [6.07, 6.45) is -0.252. The average Bonchev–Trinajstić information content (AvgIpc) is 2.69. The number of carboxylic acids is 1. The third-order valence-corrected chi connectivity index (χ3v) is 5.08. The van der Waals surface area contributed by atoms with Crippen LogP contribution in [-0.2, 0) is 20.9 Å². The van der Waals surface area contributed by atoms with E-state index in [1.54, 1.807) is 45.9 Å². The highest BCUT2D eigenvalue weighted by molar-refractivity contribution is 7.81. The lowest BCUT2D eigenvalue weighted by atomic mass is 9.97. The van der Waals surface area contributed by atoms with Crippen LogP contribution in [0.15, 0.2) is 42.5 Å². The summed E-state index contributed by atoms with van der Waals surface area (Å²) < 4.78 is 28.7. The fraction of sp³-hybridized carbons (Fsp3) is 0.318. The number of aliphatic carboxylic acids is 1. The van der Waals surface area contributed by atoms with Crippen LogP contribution >= 0.6 is 0 Å². The smallest absolute Gasteiger partial charge is 0.316 e. The van der Waals surface area contributed by atoms with Crippen LogP contribution in [-0.4, -0.2) is 38.3 Å². The summed E-state index contributed by atoms with van der Waals surface area (Å²) in [6.45, 7) is 6.80. The van der Waals surface area contributed by atoms with Gasteiger partial charge in [0.15, 0.2) is 0 Å². The third-order valence-electron chi connectivity index (χ3n) is 4.36. The first kappa shape index (κ1) is 25.0. The van der Waals surface area contributed by atoms with Crippen molar-refractivity contribution in [3.8, 4) is 5.75 Å². The topological polar surface area (TPSA) is 133 Å². The van der Waals surface area contributed by atoms with E-state index in [1.807, 2.05) is 0 Å². The Balaban J connectivity index is 2.38. The molecule has 1 amide bonds. The lowest BCUT2D eigenvalue weighted by Crippen LogP contribution is -2.29. The van der Waals surface area contributed by atoms with Crippen molar-refractivity contribution in [1.29, 1.82) is 0 Å². The zero-order valence-corrected chi connectivity index (χ0v) is 19.1. The molecule has 1 atom stereocenters. The highest BCUT2D eigenvalue weighted by Gasteiger charge is 2.26. The van der Waals surface area contributed by atoms with Crippen molar-refractivity contribution in [3.05, 3.63) is 53.6 Å². The molecule has 0 bridgehead atoms. The molecule has 32 heavy (non-hydrogen) atoms. The van der Waals surface area contributed by atoms with Crippen molar-refractivity contribution in [2.45, 2.75) is 34.1 Å². The van der Waals surface area contributed by atoms with Crippen molar-refractivity contribution in [2.24, 2.45) is 5.41 Å². The van der Waals surface area contributed by atoms with Gasteiger partial charge in [0, 0.05) is 6.54 Å². The molecule has 0 saturated carbocycles. The minimum absolute atomic E-state index is 0.0857. The van der Waals surface area contributed by atoms with Crippen LogP contribution in [0, 0.1) is 12.3 Å². The molecule has 0 aliphatic rings. The Labute approximate surface area is 188 Å². The number of carbonyl (C=O) groups is 3. The summed E-state index contributed by atoms with van der Waals surface area (Å²) in [5.41, 5.74) is 0.404. The Morgan fingerprint density at radius 1 is 1.12 bits per heavy atom. The maximum Gasteiger partial charge on any atom is 0.316 e. The molecular weight excluding hydrogens is 436 g/mol. The lowest BCUT2D eigenvalue weighted by Gasteiger charge is -2.24. The second-order valence-electron chi connectivity index (χ2n) is 8.03. The number of rotatable bonds is 8. The van der Waals surface area contributed by atoms with Crippen LogP contribution in [0.5, 0.6) is 5.75 Å². The number of aryl methyl sites for hydroxylation is 1. The molecule has 1 unspecified atom stereocenters. The number of hydrogen-bond acceptors (Lipinski definition) is 5. The predicted molar refractivity (Wildman–Crippen MR) is 120 cm³/mol. The molecule has 172 valence electrons. The molecule has 0 heterocycles. The van der Waals surface area contributed by atoms with Gasteiger partial charge in [-0.3, -0.25) is 18.9 Å². The monoisotopic (exact) mass is 462 g/mol. The Kier molecular flexibility index (Phi) is 8.12. The minimum atomic E-state index is -2.53. The third kappa shape index (κ3) is 6.38. The summed E-state index contributed by atoms with van der Waals surface area (Å²) >= 11 is -2.53. The zero-order chi connectivity index (χ0) is 24.1. The molecule has 2 rings (SSSR count). The number of para-hydroxylation sites is 1. The quantitative estimate of drug-likeness (QED) is 0.311. The van der Waals surface area contributed by atoms with Crippen LogP contribution < -0.4 is 14.4 Å². The standard InChI is InChI=1S/C22H26N2O7S/c1-14-13-15(9-10-18(14)31-21(28)22(2,3)4)24(32(29)30)17-8-6-5-7-16(17)20(27)23-12-11-19(25)26/h5-10,13H,11-12H2,1-4H3,(H,23,27)(H,25,26)(H,29,30). The van der Waals surface area contributed by atoms with Crippen LogP contribution in [0.25, 0.3) is 0 Å². The fourth-order valence-corrected chi connectivity index (χ4v) is 3.28. The van der Waals surface area contributed by atoms with E-state index >= 15 is 0 Å². The van der Waals surface area contributed by atoms with Crippen molar-refractivity contribution < 1.29 is 33.0 Å². The van der Waals surface area contributed by atoms with Gasteiger partial charge in [0.25, 0.3) is 17.2 Å². The van der Waals surface area contributed by atoms with Crippen molar-refractivity contribution in [3.63, 3.8) is 0 Å². The van der Waals surface area contributed by atoms with E-state index in [0.29, 0.717) is 17.0 Å². The van der Waals surface area contributed by atoms with E-state index in [-0.39, 0.29) is 24.2 Å². The molecule has 0 aliphatic carbocycles. The molecule has 9 nitrogen and oxygen atoms in total. The maximum absolute atomic E-state index is 12.6. The van der Waals surface area contributed by atoms with Crippen molar-refractivity contribution >= 4 is 40.5 Å². The number of ether oxygens (including phenoxy) is 1. The first-order valence-electron chi connectivity index (χ1n) is 9.75. The number of amides is 1. The molecule has 0 saturated heterocycles. The van der Waals surface area contributed by atoms with E-state index in [4.69, 9.17) is 9.84 Å². The normalized spacial score (nSPS) is 12.0. The van der Waals surface area contributed by atoms with E-state index in [0.717, 1.165) is 4.31 Å². The Hall–Kier alpha value is -3.24. The van der Waals surface area contributed by atoms with Gasteiger partial charge in [0.1, 0.15) is 5.75 Å². The molecule has 0 aliphatic heterocycles. The fourth-order valence-electron chi connectivity index (χ4n) is 2.66. The summed E-state index contributed by atoms with van der Waals surface area (Å²) in [5, 5.41) is 11.2. The number of esters is 1. The summed E-state index contributed by atoms with van der Waals surface area (Å²) in [6, 6.07) is 10.8. The van der Waals surface area contributed by atoms with Crippen LogP contribution in [0.2, 0.25) is 0 Å². The largest absolute Gasteiger partial charge is 0.481 e. The Bertz CT molecular complexity index is 1050. The van der Waals surface area contributed by atoms with Crippen molar-refractivity contribution in [1.82, 2.24) is 5.32 Å². The van der Waals surface area contributed by atoms with Gasteiger partial charge in [0.2, 0.25) is 0 Å². The van der Waals surface area contributed by atoms with E-state index < -0.39 is 34.5 Å². The SMILES string of the molecule is Cc1cc(N(c2ccccc2C(=O)NCCC(=O)O)S(=O)O)ccc1OC(=O)C(C)(C)C. The molecule has 0 radical (unpaired) electrons. The first-order chi connectivity index (χ1) is 14.9. The molecule has 2 aromatic rings. The highest BCUT2D eigenvalue weighted by atomic mass is 32.2. The van der Waals surface area contributed by atoms with Crippen LogP contribution in [0.3, 0.4) is 0 Å². The number of benzene rings is 2. The minimum Gasteiger partial charge on any atom is -0.481 e. The zero-order valence-electron chi connectivity index (χ0n) is 18.2. The van der Waals surface area contributed by atoms with Gasteiger partial charge in [0.05, 0.1) is 28.8 Å². The summed E-state index contributed by atoms with van der Waals surface area (Å²) in [4.78, 5) is 35.4. The van der Waals surface area contributed by atoms with Gasteiger partial charge in [-0.2, -0.15) is 0 Å². The average molecular weight is 463 g/mol. The molecule has 10 heteroatoms. The number of hydrogen-bond donors (Lipinski definition) is 3. The molecule has 0 fully saturated rings. The number of anilines is 2. The number of nitrogens with zero attached hydrogens (tertiary/aromatic N) is 1. The lowest BCUT2D eigenvalue weighted by molar-refractivity contribution is -0.143. The maximum atomic E-state index is 12.6. The highest BCUT2D eigenvalue weighted by Crippen LogP contribution is 2.33. The van der Waals surface area contributed by atoms with Crippen molar-refractivity contribution in [2.75, 3.05) is 10.8 Å². The van der Waals surface area contributed by atoms with Gasteiger partial charge < -0.3 is 15.2 Å². The van der Waals surface area contributed by atoms with E-state index in [2.05, 4.69) is 5.32 Å². The molecule has 2 aromatic carbocycles.